The highest BCUT2D eigenvalue weighted by molar-refractivity contribution is 5.77. The first-order valence-electron chi connectivity index (χ1n) is 7.18. The zero-order chi connectivity index (χ0) is 14.7. The Morgan fingerprint density at radius 1 is 1.50 bits per heavy atom. The Kier molecular flexibility index (Phi) is 4.65. The highest BCUT2D eigenvalue weighted by Crippen LogP contribution is 2.32. The third-order valence-electron chi connectivity index (χ3n) is 3.93. The number of carbonyl (C=O) groups is 1. The highest BCUT2D eigenvalue weighted by atomic mass is 16.5. The smallest absolute Gasteiger partial charge is 0.260 e. The van der Waals surface area contributed by atoms with Gasteiger partial charge in [-0.25, -0.2) is 0 Å². The molecule has 0 unspecified atom stereocenters. The van der Waals surface area contributed by atoms with Crippen molar-refractivity contribution in [2.24, 2.45) is 0 Å². The van der Waals surface area contributed by atoms with E-state index >= 15 is 0 Å². The van der Waals surface area contributed by atoms with E-state index in [1.165, 1.54) is 5.56 Å². The molecule has 0 aromatic heterocycles. The van der Waals surface area contributed by atoms with Crippen LogP contribution >= 0.6 is 0 Å². The van der Waals surface area contributed by atoms with Crippen LogP contribution in [0.3, 0.4) is 0 Å². The molecule has 1 amide bonds. The molecule has 0 radical (unpaired) electrons. The summed E-state index contributed by atoms with van der Waals surface area (Å²) < 4.78 is 5.55. The summed E-state index contributed by atoms with van der Waals surface area (Å²) >= 11 is 0. The maximum atomic E-state index is 11.9. The van der Waals surface area contributed by atoms with Crippen molar-refractivity contribution in [1.82, 2.24) is 4.90 Å². The van der Waals surface area contributed by atoms with Crippen LogP contribution in [0.15, 0.2) is 18.2 Å². The maximum Gasteiger partial charge on any atom is 0.260 e. The van der Waals surface area contributed by atoms with Crippen LogP contribution in [-0.2, 0) is 11.2 Å². The molecule has 1 N–H and O–H groups in total. The summed E-state index contributed by atoms with van der Waals surface area (Å²) in [5.74, 6) is 0.605. The van der Waals surface area contributed by atoms with Gasteiger partial charge in [0.05, 0.1) is 6.10 Å². The molecule has 0 fully saturated rings. The van der Waals surface area contributed by atoms with E-state index in [0.29, 0.717) is 5.75 Å². The first-order valence-corrected chi connectivity index (χ1v) is 7.18. The summed E-state index contributed by atoms with van der Waals surface area (Å²) in [5.41, 5.74) is 2.13. The van der Waals surface area contributed by atoms with Gasteiger partial charge < -0.3 is 14.7 Å². The second kappa shape index (κ2) is 6.27. The summed E-state index contributed by atoms with van der Waals surface area (Å²) in [6.45, 7) is 3.96. The minimum Gasteiger partial charge on any atom is -0.484 e. The van der Waals surface area contributed by atoms with Crippen molar-refractivity contribution in [1.29, 1.82) is 0 Å². The van der Waals surface area contributed by atoms with Crippen LogP contribution in [0.4, 0.5) is 0 Å². The molecule has 1 aliphatic rings. The van der Waals surface area contributed by atoms with Gasteiger partial charge in [-0.2, -0.15) is 0 Å². The molecule has 0 heterocycles. The highest BCUT2D eigenvalue weighted by Gasteiger charge is 2.19. The van der Waals surface area contributed by atoms with Crippen molar-refractivity contribution < 1.29 is 14.6 Å². The fourth-order valence-electron chi connectivity index (χ4n) is 2.38. The number of aliphatic hydroxyl groups is 1. The number of amides is 1. The number of fused-ring (bicyclic) bond motifs is 1. The molecule has 0 saturated carbocycles. The second-order valence-corrected chi connectivity index (χ2v) is 5.66. The van der Waals surface area contributed by atoms with Gasteiger partial charge in [-0.15, -0.1) is 0 Å². The average molecular weight is 277 g/mol. The van der Waals surface area contributed by atoms with Crippen LogP contribution < -0.4 is 4.74 Å². The van der Waals surface area contributed by atoms with E-state index in [1.807, 2.05) is 32.0 Å². The molecule has 110 valence electrons. The number of hydrogen-bond acceptors (Lipinski definition) is 3. The standard InChI is InChI=1S/C16H23NO3/c1-11(2)17(3)16(19)10-20-13-8-7-12-5-4-6-15(18)14(12)9-13/h7-9,11,15,18H,4-6,10H2,1-3H3/t15-/m1/s1. The Hall–Kier alpha value is -1.55. The molecule has 2 rings (SSSR count). The summed E-state index contributed by atoms with van der Waals surface area (Å²) in [5, 5.41) is 9.99. The average Bonchev–Trinajstić information content (AvgIpc) is 2.44. The lowest BCUT2D eigenvalue weighted by atomic mass is 9.89. The Labute approximate surface area is 120 Å². The normalized spacial score (nSPS) is 17.8. The van der Waals surface area contributed by atoms with E-state index in [2.05, 4.69) is 0 Å². The van der Waals surface area contributed by atoms with Crippen LogP contribution in [0, 0.1) is 0 Å². The number of hydrogen-bond donors (Lipinski definition) is 1. The first kappa shape index (κ1) is 14.9. The minimum atomic E-state index is -0.406. The van der Waals surface area contributed by atoms with Crippen LogP contribution in [0.2, 0.25) is 0 Å². The minimum absolute atomic E-state index is 0.0313. The van der Waals surface area contributed by atoms with E-state index in [9.17, 15) is 9.90 Å². The summed E-state index contributed by atoms with van der Waals surface area (Å²) in [4.78, 5) is 13.5. The molecular weight excluding hydrogens is 254 g/mol. The number of aryl methyl sites for hydroxylation is 1. The van der Waals surface area contributed by atoms with Gasteiger partial charge in [0.1, 0.15) is 5.75 Å². The van der Waals surface area contributed by atoms with Crippen molar-refractivity contribution in [2.45, 2.75) is 45.3 Å². The summed E-state index contributed by atoms with van der Waals surface area (Å²) in [7, 11) is 1.77. The molecule has 0 bridgehead atoms. The molecule has 1 aromatic carbocycles. The molecule has 0 saturated heterocycles. The Morgan fingerprint density at radius 2 is 2.25 bits per heavy atom. The van der Waals surface area contributed by atoms with Gasteiger partial charge in [-0.3, -0.25) is 4.79 Å². The quantitative estimate of drug-likeness (QED) is 0.918. The number of likely N-dealkylation sites (N-methyl/N-ethyl adjacent to an activating group) is 1. The van der Waals surface area contributed by atoms with Gasteiger partial charge in [0.2, 0.25) is 0 Å². The maximum absolute atomic E-state index is 11.9. The lowest BCUT2D eigenvalue weighted by Crippen LogP contribution is -2.36. The van der Waals surface area contributed by atoms with Gasteiger partial charge in [0, 0.05) is 13.1 Å². The molecule has 0 aliphatic heterocycles. The lowest BCUT2D eigenvalue weighted by Gasteiger charge is -2.23. The van der Waals surface area contributed by atoms with Crippen LogP contribution in [0.5, 0.6) is 5.75 Å². The zero-order valence-electron chi connectivity index (χ0n) is 12.4. The monoisotopic (exact) mass is 277 g/mol. The van der Waals surface area contributed by atoms with E-state index in [4.69, 9.17) is 4.74 Å². The van der Waals surface area contributed by atoms with E-state index in [-0.39, 0.29) is 18.6 Å². The predicted molar refractivity (Wildman–Crippen MR) is 77.7 cm³/mol. The SMILES string of the molecule is CC(C)N(C)C(=O)COc1ccc2c(c1)[C@H](O)CCC2. The summed E-state index contributed by atoms with van der Waals surface area (Å²) in [6.07, 6.45) is 2.41. The van der Waals surface area contributed by atoms with Gasteiger partial charge in [-0.05, 0) is 56.4 Å². The number of ether oxygens (including phenoxy) is 1. The van der Waals surface area contributed by atoms with Gasteiger partial charge in [0.25, 0.3) is 5.91 Å². The van der Waals surface area contributed by atoms with Gasteiger partial charge in [0.15, 0.2) is 6.61 Å². The van der Waals surface area contributed by atoms with Crippen molar-refractivity contribution >= 4 is 5.91 Å². The molecule has 1 atom stereocenters. The van der Waals surface area contributed by atoms with E-state index < -0.39 is 6.10 Å². The predicted octanol–water partition coefficient (Wildman–Crippen LogP) is 2.30. The number of nitrogens with zero attached hydrogens (tertiary/aromatic N) is 1. The molecule has 4 heteroatoms. The lowest BCUT2D eigenvalue weighted by molar-refractivity contribution is -0.133. The van der Waals surface area contributed by atoms with Crippen molar-refractivity contribution in [2.75, 3.05) is 13.7 Å². The molecule has 0 spiro atoms. The van der Waals surface area contributed by atoms with Crippen LogP contribution in [-0.4, -0.2) is 35.6 Å². The third kappa shape index (κ3) is 3.31. The Morgan fingerprint density at radius 3 is 2.95 bits per heavy atom. The Balaban J connectivity index is 2.01. The molecule has 1 aromatic rings. The van der Waals surface area contributed by atoms with Gasteiger partial charge >= 0.3 is 0 Å². The number of rotatable bonds is 4. The number of carbonyl (C=O) groups excluding carboxylic acids is 1. The molecule has 1 aliphatic carbocycles. The largest absolute Gasteiger partial charge is 0.484 e. The first-order chi connectivity index (χ1) is 9.49. The third-order valence-corrected chi connectivity index (χ3v) is 3.93. The second-order valence-electron chi connectivity index (χ2n) is 5.66. The van der Waals surface area contributed by atoms with Gasteiger partial charge in [-0.1, -0.05) is 6.07 Å². The van der Waals surface area contributed by atoms with Crippen molar-refractivity contribution in [3.8, 4) is 5.75 Å². The number of aliphatic hydroxyl groups excluding tert-OH is 1. The van der Waals surface area contributed by atoms with E-state index in [0.717, 1.165) is 24.8 Å². The molecular formula is C16H23NO3. The fourth-order valence-corrected chi connectivity index (χ4v) is 2.38. The van der Waals surface area contributed by atoms with E-state index in [1.54, 1.807) is 11.9 Å². The zero-order valence-corrected chi connectivity index (χ0v) is 12.4. The topological polar surface area (TPSA) is 49.8 Å². The van der Waals surface area contributed by atoms with Crippen LogP contribution in [0.25, 0.3) is 0 Å². The Bertz CT molecular complexity index is 485. The number of benzene rings is 1. The summed E-state index contributed by atoms with van der Waals surface area (Å²) in [6, 6.07) is 5.89. The van der Waals surface area contributed by atoms with Crippen molar-refractivity contribution in [3.05, 3.63) is 29.3 Å². The van der Waals surface area contributed by atoms with Crippen LogP contribution in [0.1, 0.15) is 43.9 Å². The fraction of sp³-hybridized carbons (Fsp3) is 0.562. The molecule has 20 heavy (non-hydrogen) atoms. The molecule has 4 nitrogen and oxygen atoms in total. The van der Waals surface area contributed by atoms with Crippen molar-refractivity contribution in [3.63, 3.8) is 0 Å².